The van der Waals surface area contributed by atoms with Crippen LogP contribution in [0.25, 0.3) is 0 Å². The van der Waals surface area contributed by atoms with Crippen LogP contribution in [-0.2, 0) is 9.47 Å². The normalized spacial score (nSPS) is 20.9. The first-order valence-corrected chi connectivity index (χ1v) is 5.48. The zero-order valence-corrected chi connectivity index (χ0v) is 9.80. The summed E-state index contributed by atoms with van der Waals surface area (Å²) in [5.41, 5.74) is 1.32. The zero-order valence-electron chi connectivity index (χ0n) is 9.80. The zero-order chi connectivity index (χ0) is 10.6. The lowest BCUT2D eigenvalue weighted by Gasteiger charge is -2.40. The fourth-order valence-electron chi connectivity index (χ4n) is 1.62. The molecule has 14 heavy (non-hydrogen) atoms. The van der Waals surface area contributed by atoms with E-state index >= 15 is 0 Å². The second kappa shape index (κ2) is 4.94. The molecule has 0 aromatic heterocycles. The molecule has 0 aromatic rings. The third kappa shape index (κ3) is 2.82. The summed E-state index contributed by atoms with van der Waals surface area (Å²) in [6.45, 7) is 10.2. The predicted octanol–water partition coefficient (Wildman–Crippen LogP) is 3.13. The minimum absolute atomic E-state index is 0.366. The first-order valence-electron chi connectivity index (χ1n) is 5.48. The van der Waals surface area contributed by atoms with Gasteiger partial charge in [0.15, 0.2) is 5.79 Å². The molecule has 1 saturated heterocycles. The van der Waals surface area contributed by atoms with Gasteiger partial charge in [0.2, 0.25) is 0 Å². The van der Waals surface area contributed by atoms with Gasteiger partial charge in [-0.2, -0.15) is 0 Å². The molecule has 0 radical (unpaired) electrons. The van der Waals surface area contributed by atoms with Crippen LogP contribution in [0.5, 0.6) is 0 Å². The molecule has 0 aromatic carbocycles. The number of allylic oxidation sites excluding steroid dienone is 1. The van der Waals surface area contributed by atoms with Gasteiger partial charge < -0.3 is 9.47 Å². The maximum Gasteiger partial charge on any atom is 0.173 e. The Bertz CT molecular complexity index is 196. The van der Waals surface area contributed by atoms with Gasteiger partial charge in [0.1, 0.15) is 0 Å². The molecule has 0 N–H and O–H groups in total. The number of rotatable bonds is 3. The summed E-state index contributed by atoms with van der Waals surface area (Å²) in [6.07, 6.45) is 4.08. The molecule has 0 unspecified atom stereocenters. The van der Waals surface area contributed by atoms with Crippen LogP contribution in [0.15, 0.2) is 11.6 Å². The highest BCUT2D eigenvalue weighted by Gasteiger charge is 2.36. The molecule has 1 aliphatic heterocycles. The van der Waals surface area contributed by atoms with E-state index < -0.39 is 0 Å². The summed E-state index contributed by atoms with van der Waals surface area (Å²) in [6, 6.07) is 0. The quantitative estimate of drug-likeness (QED) is 0.649. The Balaban J connectivity index is 2.65. The van der Waals surface area contributed by atoms with Crippen molar-refractivity contribution in [1.82, 2.24) is 0 Å². The third-order valence-electron chi connectivity index (χ3n) is 2.66. The van der Waals surface area contributed by atoms with Crippen molar-refractivity contribution in [2.24, 2.45) is 5.92 Å². The highest BCUT2D eigenvalue weighted by atomic mass is 16.7. The SMILES string of the molecule is CC(C)=CCC1(C(C)C)OCCCO1. The van der Waals surface area contributed by atoms with Gasteiger partial charge >= 0.3 is 0 Å². The largest absolute Gasteiger partial charge is 0.349 e. The van der Waals surface area contributed by atoms with E-state index in [-0.39, 0.29) is 5.79 Å². The average molecular weight is 198 g/mol. The summed E-state index contributed by atoms with van der Waals surface area (Å²) in [5.74, 6) is 0.0357. The topological polar surface area (TPSA) is 18.5 Å². The fraction of sp³-hybridized carbons (Fsp3) is 0.833. The lowest BCUT2D eigenvalue weighted by Crippen LogP contribution is -2.44. The van der Waals surface area contributed by atoms with E-state index in [0.717, 1.165) is 26.1 Å². The van der Waals surface area contributed by atoms with E-state index in [1.54, 1.807) is 0 Å². The van der Waals surface area contributed by atoms with Gasteiger partial charge in [0.05, 0.1) is 13.2 Å². The summed E-state index contributed by atoms with van der Waals surface area (Å²) >= 11 is 0. The Kier molecular flexibility index (Phi) is 4.14. The van der Waals surface area contributed by atoms with Gasteiger partial charge in [-0.15, -0.1) is 0 Å². The van der Waals surface area contributed by atoms with Gasteiger partial charge in [-0.1, -0.05) is 25.5 Å². The maximum atomic E-state index is 5.81. The van der Waals surface area contributed by atoms with E-state index in [1.807, 2.05) is 0 Å². The van der Waals surface area contributed by atoms with Gasteiger partial charge in [0.25, 0.3) is 0 Å². The van der Waals surface area contributed by atoms with Crippen LogP contribution in [0.3, 0.4) is 0 Å². The molecule has 1 rings (SSSR count). The molecule has 2 heteroatoms. The van der Waals surface area contributed by atoms with E-state index in [2.05, 4.69) is 33.8 Å². The molecule has 2 nitrogen and oxygen atoms in total. The van der Waals surface area contributed by atoms with Crippen molar-refractivity contribution >= 4 is 0 Å². The summed E-state index contributed by atoms with van der Waals surface area (Å²) in [4.78, 5) is 0. The van der Waals surface area contributed by atoms with Crippen LogP contribution >= 0.6 is 0 Å². The molecule has 1 aliphatic rings. The summed E-state index contributed by atoms with van der Waals surface area (Å²) < 4.78 is 11.6. The van der Waals surface area contributed by atoms with Crippen LogP contribution in [0.4, 0.5) is 0 Å². The molecule has 0 amide bonds. The summed E-state index contributed by atoms with van der Waals surface area (Å²) in [5, 5.41) is 0. The highest BCUT2D eigenvalue weighted by molar-refractivity contribution is 4.97. The van der Waals surface area contributed by atoms with Crippen molar-refractivity contribution in [2.45, 2.75) is 46.3 Å². The van der Waals surface area contributed by atoms with Crippen LogP contribution in [0.2, 0.25) is 0 Å². The molecule has 0 atom stereocenters. The Morgan fingerprint density at radius 2 is 1.86 bits per heavy atom. The second-order valence-electron chi connectivity index (χ2n) is 4.50. The molecule has 82 valence electrons. The van der Waals surface area contributed by atoms with E-state index in [0.29, 0.717) is 5.92 Å². The molecular formula is C12H22O2. The Morgan fingerprint density at radius 3 is 2.29 bits per heavy atom. The third-order valence-corrected chi connectivity index (χ3v) is 2.66. The molecule has 0 aliphatic carbocycles. The first kappa shape index (κ1) is 11.7. The molecule has 0 spiro atoms. The number of ether oxygens (including phenoxy) is 2. The van der Waals surface area contributed by atoms with E-state index in [4.69, 9.17) is 9.47 Å². The van der Waals surface area contributed by atoms with Crippen molar-refractivity contribution in [3.63, 3.8) is 0 Å². The van der Waals surface area contributed by atoms with Crippen LogP contribution < -0.4 is 0 Å². The monoisotopic (exact) mass is 198 g/mol. The minimum atomic E-state index is -0.366. The van der Waals surface area contributed by atoms with Crippen molar-refractivity contribution in [2.75, 3.05) is 13.2 Å². The van der Waals surface area contributed by atoms with Crippen molar-refractivity contribution in [1.29, 1.82) is 0 Å². The maximum absolute atomic E-state index is 5.81. The van der Waals surface area contributed by atoms with Gasteiger partial charge in [-0.05, 0) is 20.3 Å². The lowest BCUT2D eigenvalue weighted by atomic mass is 9.97. The van der Waals surface area contributed by atoms with Crippen molar-refractivity contribution in [3.05, 3.63) is 11.6 Å². The van der Waals surface area contributed by atoms with Gasteiger partial charge in [-0.25, -0.2) is 0 Å². The number of hydrogen-bond donors (Lipinski definition) is 0. The van der Waals surface area contributed by atoms with Crippen LogP contribution in [0.1, 0.15) is 40.5 Å². The molecule has 1 heterocycles. The smallest absolute Gasteiger partial charge is 0.173 e. The number of hydrogen-bond acceptors (Lipinski definition) is 2. The molecule has 1 fully saturated rings. The lowest BCUT2D eigenvalue weighted by molar-refractivity contribution is -0.286. The first-order chi connectivity index (χ1) is 6.57. The highest BCUT2D eigenvalue weighted by Crippen LogP contribution is 2.31. The Labute approximate surface area is 87.3 Å². The van der Waals surface area contributed by atoms with Crippen molar-refractivity contribution in [3.8, 4) is 0 Å². The average Bonchev–Trinajstić information content (AvgIpc) is 2.16. The Morgan fingerprint density at radius 1 is 1.29 bits per heavy atom. The fourth-order valence-corrected chi connectivity index (χ4v) is 1.62. The van der Waals surface area contributed by atoms with E-state index in [1.165, 1.54) is 5.57 Å². The second-order valence-corrected chi connectivity index (χ2v) is 4.50. The van der Waals surface area contributed by atoms with Crippen molar-refractivity contribution < 1.29 is 9.47 Å². The standard InChI is InChI=1S/C12H22O2/c1-10(2)6-7-12(11(3)4)13-8-5-9-14-12/h6,11H,5,7-9H2,1-4H3. The van der Waals surface area contributed by atoms with Gasteiger partial charge in [0, 0.05) is 12.3 Å². The molecule has 0 saturated carbocycles. The summed E-state index contributed by atoms with van der Waals surface area (Å²) in [7, 11) is 0. The van der Waals surface area contributed by atoms with E-state index in [9.17, 15) is 0 Å². The molecule has 0 bridgehead atoms. The van der Waals surface area contributed by atoms with Gasteiger partial charge in [-0.3, -0.25) is 0 Å². The van der Waals surface area contributed by atoms with Crippen LogP contribution in [-0.4, -0.2) is 19.0 Å². The minimum Gasteiger partial charge on any atom is -0.349 e. The predicted molar refractivity (Wildman–Crippen MR) is 58.1 cm³/mol. The molecular weight excluding hydrogens is 176 g/mol. The van der Waals surface area contributed by atoms with Crippen LogP contribution in [0, 0.1) is 5.92 Å². The Hall–Kier alpha value is -0.340.